The van der Waals surface area contributed by atoms with Gasteiger partial charge in [-0.3, -0.25) is 9.48 Å². The van der Waals surface area contributed by atoms with Crippen LogP contribution in [-0.4, -0.2) is 38.9 Å². The van der Waals surface area contributed by atoms with Crippen LogP contribution in [0.25, 0.3) is 0 Å². The zero-order valence-corrected chi connectivity index (χ0v) is 13.9. The van der Waals surface area contributed by atoms with Gasteiger partial charge < -0.3 is 15.2 Å². The Morgan fingerprint density at radius 3 is 3.04 bits per heavy atom. The van der Waals surface area contributed by atoms with E-state index in [1.807, 2.05) is 20.2 Å². The molecule has 24 heavy (non-hydrogen) atoms. The van der Waals surface area contributed by atoms with Gasteiger partial charge in [0.05, 0.1) is 12.3 Å². The maximum absolute atomic E-state index is 12.3. The third kappa shape index (κ3) is 3.56. The third-order valence-electron chi connectivity index (χ3n) is 4.24. The summed E-state index contributed by atoms with van der Waals surface area (Å²) in [6, 6.07) is 1.53. The molecule has 0 spiro atoms. The van der Waals surface area contributed by atoms with Crippen LogP contribution in [0.15, 0.2) is 24.7 Å². The largest absolute Gasteiger partial charge is 0.505 e. The van der Waals surface area contributed by atoms with Crippen molar-refractivity contribution in [3.8, 4) is 5.75 Å². The Morgan fingerprint density at radius 2 is 2.33 bits per heavy atom. The minimum absolute atomic E-state index is 0.0512. The molecular weight excluding hydrogens is 308 g/mol. The summed E-state index contributed by atoms with van der Waals surface area (Å²) in [6.45, 7) is 2.99. The van der Waals surface area contributed by atoms with E-state index >= 15 is 0 Å². The van der Waals surface area contributed by atoms with Crippen molar-refractivity contribution in [3.05, 3.63) is 41.5 Å². The molecule has 1 aliphatic heterocycles. The fraction of sp³-hybridized carbons (Fsp3) is 0.471. The molecule has 0 aromatic carbocycles. The van der Waals surface area contributed by atoms with E-state index in [1.165, 1.54) is 6.07 Å². The molecule has 1 amide bonds. The van der Waals surface area contributed by atoms with Gasteiger partial charge in [0.1, 0.15) is 5.75 Å². The van der Waals surface area contributed by atoms with Crippen molar-refractivity contribution in [2.24, 2.45) is 13.0 Å². The Morgan fingerprint density at radius 1 is 1.50 bits per heavy atom. The summed E-state index contributed by atoms with van der Waals surface area (Å²) >= 11 is 0. The van der Waals surface area contributed by atoms with Crippen molar-refractivity contribution < 1.29 is 14.6 Å². The highest BCUT2D eigenvalue weighted by atomic mass is 16.5. The van der Waals surface area contributed by atoms with E-state index in [4.69, 9.17) is 4.74 Å². The van der Waals surface area contributed by atoms with Crippen LogP contribution in [0, 0.1) is 12.8 Å². The standard InChI is InChI=1S/C17H22N4O3/c1-11-6-14(22)15(18-7-11)17(23)19-8-12-4-3-5-24-16(12)13-9-20-21(2)10-13/h6-7,9-10,12,16,22H,3-5,8H2,1-2H3,(H,19,23)/t12-,16+/m0/s1. The second-order valence-corrected chi connectivity index (χ2v) is 6.23. The van der Waals surface area contributed by atoms with Crippen molar-refractivity contribution >= 4 is 5.91 Å². The molecule has 3 heterocycles. The number of aromatic hydroxyl groups is 1. The smallest absolute Gasteiger partial charge is 0.273 e. The minimum Gasteiger partial charge on any atom is -0.505 e. The maximum atomic E-state index is 12.3. The summed E-state index contributed by atoms with van der Waals surface area (Å²) in [7, 11) is 1.87. The van der Waals surface area contributed by atoms with Crippen molar-refractivity contribution in [1.82, 2.24) is 20.1 Å². The lowest BCUT2D eigenvalue weighted by Gasteiger charge is -2.31. The summed E-state index contributed by atoms with van der Waals surface area (Å²) in [5.41, 5.74) is 1.88. The van der Waals surface area contributed by atoms with E-state index < -0.39 is 0 Å². The number of hydrogen-bond donors (Lipinski definition) is 2. The van der Waals surface area contributed by atoms with Crippen molar-refractivity contribution in [2.45, 2.75) is 25.9 Å². The highest BCUT2D eigenvalue weighted by Crippen LogP contribution is 2.33. The van der Waals surface area contributed by atoms with Crippen LogP contribution < -0.4 is 5.32 Å². The summed E-state index contributed by atoms with van der Waals surface area (Å²) in [4.78, 5) is 16.3. The van der Waals surface area contributed by atoms with Gasteiger partial charge in [0, 0.05) is 44.1 Å². The number of ether oxygens (including phenoxy) is 1. The number of aryl methyl sites for hydroxylation is 2. The van der Waals surface area contributed by atoms with E-state index in [-0.39, 0.29) is 29.4 Å². The molecule has 0 bridgehead atoms. The number of nitrogens with one attached hydrogen (secondary N) is 1. The highest BCUT2D eigenvalue weighted by molar-refractivity contribution is 5.94. The first-order valence-electron chi connectivity index (χ1n) is 8.08. The first-order chi connectivity index (χ1) is 11.5. The molecule has 2 aromatic rings. The lowest BCUT2D eigenvalue weighted by atomic mass is 9.91. The van der Waals surface area contributed by atoms with Crippen LogP contribution in [-0.2, 0) is 11.8 Å². The number of nitrogens with zero attached hydrogens (tertiary/aromatic N) is 3. The summed E-state index contributed by atoms with van der Waals surface area (Å²) in [5.74, 6) is -0.307. The van der Waals surface area contributed by atoms with Gasteiger partial charge in [-0.25, -0.2) is 4.98 Å². The second kappa shape index (κ2) is 7.00. The number of hydrogen-bond acceptors (Lipinski definition) is 5. The van der Waals surface area contributed by atoms with Crippen LogP contribution in [0.4, 0.5) is 0 Å². The Kier molecular flexibility index (Phi) is 4.80. The fourth-order valence-corrected chi connectivity index (χ4v) is 3.04. The number of rotatable bonds is 4. The Balaban J connectivity index is 1.66. The normalized spacial score (nSPS) is 20.8. The number of carbonyl (C=O) groups is 1. The molecule has 0 saturated carbocycles. The fourth-order valence-electron chi connectivity index (χ4n) is 3.04. The molecule has 0 aliphatic carbocycles. The first kappa shape index (κ1) is 16.4. The molecule has 3 rings (SSSR count). The predicted molar refractivity (Wildman–Crippen MR) is 87.6 cm³/mol. The van der Waals surface area contributed by atoms with Gasteiger partial charge in [0.25, 0.3) is 5.91 Å². The molecule has 7 heteroatoms. The second-order valence-electron chi connectivity index (χ2n) is 6.23. The van der Waals surface area contributed by atoms with Crippen LogP contribution in [0.3, 0.4) is 0 Å². The molecule has 1 saturated heterocycles. The van der Waals surface area contributed by atoms with Gasteiger partial charge in [-0.1, -0.05) is 0 Å². The van der Waals surface area contributed by atoms with Crippen molar-refractivity contribution in [2.75, 3.05) is 13.2 Å². The van der Waals surface area contributed by atoms with Crippen LogP contribution in [0.5, 0.6) is 5.75 Å². The zero-order chi connectivity index (χ0) is 17.1. The third-order valence-corrected chi connectivity index (χ3v) is 4.24. The van der Waals surface area contributed by atoms with Gasteiger partial charge in [0.2, 0.25) is 0 Å². The molecule has 2 atom stereocenters. The molecule has 128 valence electrons. The van der Waals surface area contributed by atoms with E-state index in [1.54, 1.807) is 17.1 Å². The molecule has 2 N–H and O–H groups in total. The Labute approximate surface area is 140 Å². The lowest BCUT2D eigenvalue weighted by molar-refractivity contribution is -0.0273. The molecule has 1 aliphatic rings. The summed E-state index contributed by atoms with van der Waals surface area (Å²) in [5, 5.41) is 16.9. The monoisotopic (exact) mass is 330 g/mol. The first-order valence-corrected chi connectivity index (χ1v) is 8.08. The molecule has 2 aromatic heterocycles. The quantitative estimate of drug-likeness (QED) is 0.891. The summed E-state index contributed by atoms with van der Waals surface area (Å²) in [6.07, 6.45) is 7.17. The number of pyridine rings is 1. The van der Waals surface area contributed by atoms with Crippen LogP contribution >= 0.6 is 0 Å². The van der Waals surface area contributed by atoms with Gasteiger partial charge in [-0.15, -0.1) is 0 Å². The molecule has 1 fully saturated rings. The average molecular weight is 330 g/mol. The lowest BCUT2D eigenvalue weighted by Crippen LogP contribution is -2.35. The van der Waals surface area contributed by atoms with E-state index in [0.717, 1.165) is 24.0 Å². The molecule has 0 unspecified atom stereocenters. The number of carbonyl (C=O) groups excluding carboxylic acids is 1. The molecular formula is C17H22N4O3. The predicted octanol–water partition coefficient (Wildman–Crippen LogP) is 1.73. The topological polar surface area (TPSA) is 89.3 Å². The highest BCUT2D eigenvalue weighted by Gasteiger charge is 2.29. The maximum Gasteiger partial charge on any atom is 0.273 e. The van der Waals surface area contributed by atoms with E-state index in [2.05, 4.69) is 15.4 Å². The van der Waals surface area contributed by atoms with E-state index in [0.29, 0.717) is 13.2 Å². The SMILES string of the molecule is Cc1cnc(C(=O)NC[C@@H]2CCCO[C@H]2c2cnn(C)c2)c(O)c1. The Hall–Kier alpha value is -2.41. The van der Waals surface area contributed by atoms with Crippen LogP contribution in [0.2, 0.25) is 0 Å². The van der Waals surface area contributed by atoms with Gasteiger partial charge >= 0.3 is 0 Å². The van der Waals surface area contributed by atoms with Gasteiger partial charge in [-0.05, 0) is 31.4 Å². The van der Waals surface area contributed by atoms with E-state index in [9.17, 15) is 9.90 Å². The number of amides is 1. The van der Waals surface area contributed by atoms with Gasteiger partial charge in [-0.2, -0.15) is 5.10 Å². The van der Waals surface area contributed by atoms with Gasteiger partial charge in [0.15, 0.2) is 5.69 Å². The average Bonchev–Trinajstić information content (AvgIpc) is 2.99. The minimum atomic E-state index is -0.372. The molecule has 7 nitrogen and oxygen atoms in total. The summed E-state index contributed by atoms with van der Waals surface area (Å²) < 4.78 is 7.64. The van der Waals surface area contributed by atoms with Crippen molar-refractivity contribution in [3.63, 3.8) is 0 Å². The number of aromatic nitrogens is 3. The zero-order valence-electron chi connectivity index (χ0n) is 13.9. The Bertz CT molecular complexity index is 728. The van der Waals surface area contributed by atoms with Crippen molar-refractivity contribution in [1.29, 1.82) is 0 Å². The molecule has 0 radical (unpaired) electrons. The van der Waals surface area contributed by atoms with Crippen LogP contribution in [0.1, 0.15) is 40.6 Å².